The number of halogens is 7. The second kappa shape index (κ2) is 10.1. The summed E-state index contributed by atoms with van der Waals surface area (Å²) in [6.45, 7) is 4.98. The monoisotopic (exact) mass is 583 g/mol. The van der Waals surface area contributed by atoms with Crippen LogP contribution in [0.15, 0.2) is 23.2 Å². The maximum atomic E-state index is 13.6. The van der Waals surface area contributed by atoms with Gasteiger partial charge in [-0.1, -0.05) is 11.8 Å². The van der Waals surface area contributed by atoms with Crippen LogP contribution in [0.5, 0.6) is 0 Å². The summed E-state index contributed by atoms with van der Waals surface area (Å²) in [6.07, 6.45) is -3.90. The van der Waals surface area contributed by atoms with Crippen LogP contribution >= 0.6 is 24.2 Å². The highest BCUT2D eigenvalue weighted by atomic mass is 35.5. The fourth-order valence-corrected chi connectivity index (χ4v) is 8.68. The van der Waals surface area contributed by atoms with E-state index in [-0.39, 0.29) is 30.1 Å². The van der Waals surface area contributed by atoms with E-state index in [4.69, 9.17) is 4.99 Å². The molecule has 1 heterocycles. The van der Waals surface area contributed by atoms with Crippen LogP contribution in [0, 0.1) is 17.8 Å². The standard InChI is InChI=1S/C26H31F6N3OS.ClH/c1-14(2)34-22(13-37-23(34)33-24-10-16-4-17(11-24)6-18(5-16)12-24)35(15(3)36)21-8-19(25(27,28)29)7-20(9-21)26(30,31)32;/h7-9,14,16-18,22H,4-6,10-13H2,1-3H3;1H. The van der Waals surface area contributed by atoms with E-state index in [0.717, 1.165) is 29.3 Å². The van der Waals surface area contributed by atoms with Crippen LogP contribution in [0.25, 0.3) is 0 Å². The van der Waals surface area contributed by atoms with Gasteiger partial charge in [-0.2, -0.15) is 26.3 Å². The summed E-state index contributed by atoms with van der Waals surface area (Å²) in [5.41, 5.74) is -3.44. The van der Waals surface area contributed by atoms with E-state index in [1.54, 1.807) is 0 Å². The smallest absolute Gasteiger partial charge is 0.327 e. The molecule has 1 unspecified atom stereocenters. The zero-order chi connectivity index (χ0) is 26.9. The average Bonchev–Trinajstić information content (AvgIpc) is 3.13. The first-order valence-electron chi connectivity index (χ1n) is 12.8. The number of nitrogens with zero attached hydrogens (tertiary/aromatic N) is 3. The van der Waals surface area contributed by atoms with Gasteiger partial charge in [0.1, 0.15) is 6.17 Å². The van der Waals surface area contributed by atoms with Gasteiger partial charge in [-0.25, -0.2) is 0 Å². The van der Waals surface area contributed by atoms with Crippen LogP contribution < -0.4 is 4.90 Å². The number of alkyl halides is 6. The molecular weight excluding hydrogens is 552 g/mol. The van der Waals surface area contributed by atoms with E-state index in [2.05, 4.69) is 0 Å². The van der Waals surface area contributed by atoms with Crippen molar-refractivity contribution in [1.29, 1.82) is 0 Å². The zero-order valence-electron chi connectivity index (χ0n) is 21.4. The molecule has 1 aliphatic heterocycles. The van der Waals surface area contributed by atoms with E-state index in [1.165, 1.54) is 37.9 Å². The van der Waals surface area contributed by atoms with Crippen LogP contribution in [0.2, 0.25) is 0 Å². The van der Waals surface area contributed by atoms with E-state index >= 15 is 0 Å². The second-order valence-electron chi connectivity index (χ2n) is 11.5. The molecule has 0 radical (unpaired) electrons. The predicted octanol–water partition coefficient (Wildman–Crippen LogP) is 7.61. The molecule has 212 valence electrons. The molecule has 6 rings (SSSR count). The molecule has 1 aromatic rings. The SMILES string of the molecule is CC(=O)N(c1cc(C(F)(F)F)cc(C(F)(F)F)c1)C1CSC(=NC23CC4CC(CC(C4)C2)C3)N1C(C)C.Cl. The summed E-state index contributed by atoms with van der Waals surface area (Å²) in [5.74, 6) is 1.69. The van der Waals surface area contributed by atoms with Gasteiger partial charge < -0.3 is 4.90 Å². The van der Waals surface area contributed by atoms with Gasteiger partial charge in [0.2, 0.25) is 5.91 Å². The number of anilines is 1. The molecule has 4 aliphatic carbocycles. The third-order valence-corrected chi connectivity index (χ3v) is 9.31. The quantitative estimate of drug-likeness (QED) is 0.342. The number of carbonyl (C=O) groups is 1. The first kappa shape index (κ1) is 29.4. The molecule has 5 aliphatic rings. The number of carbonyl (C=O) groups excluding carboxylic acids is 1. The van der Waals surface area contributed by atoms with Crippen molar-refractivity contribution in [3.63, 3.8) is 0 Å². The van der Waals surface area contributed by atoms with E-state index in [9.17, 15) is 31.1 Å². The molecule has 0 N–H and O–H groups in total. The number of aliphatic imine (C=N–C) groups is 1. The lowest BCUT2D eigenvalue weighted by Gasteiger charge is -2.55. The number of rotatable bonds is 4. The highest BCUT2D eigenvalue weighted by Gasteiger charge is 2.52. The van der Waals surface area contributed by atoms with Gasteiger partial charge in [0.25, 0.3) is 0 Å². The van der Waals surface area contributed by atoms with Gasteiger partial charge in [-0.05, 0) is 88.3 Å². The number of benzene rings is 1. The van der Waals surface area contributed by atoms with Gasteiger partial charge in [-0.15, -0.1) is 12.4 Å². The number of amides is 1. The maximum absolute atomic E-state index is 13.6. The van der Waals surface area contributed by atoms with Crippen molar-refractivity contribution < 1.29 is 31.1 Å². The predicted molar refractivity (Wildman–Crippen MR) is 138 cm³/mol. The molecule has 1 aromatic carbocycles. The molecular formula is C26H32ClF6N3OS. The fraction of sp³-hybridized carbons (Fsp3) is 0.692. The fourth-order valence-electron chi connectivity index (χ4n) is 7.33. The van der Waals surface area contributed by atoms with E-state index < -0.39 is 41.2 Å². The lowest BCUT2D eigenvalue weighted by Crippen LogP contribution is -2.54. The van der Waals surface area contributed by atoms with Gasteiger partial charge in [0.15, 0.2) is 5.17 Å². The Morgan fingerprint density at radius 2 is 1.45 bits per heavy atom. The van der Waals surface area contributed by atoms with Crippen LogP contribution in [0.3, 0.4) is 0 Å². The molecule has 1 saturated heterocycles. The molecule has 0 spiro atoms. The third-order valence-electron chi connectivity index (χ3n) is 8.29. The molecule has 4 nitrogen and oxygen atoms in total. The van der Waals surface area contributed by atoms with Crippen molar-refractivity contribution in [2.45, 2.75) is 89.4 Å². The first-order chi connectivity index (χ1) is 17.1. The Kier molecular flexibility index (Phi) is 7.80. The molecule has 1 atom stereocenters. The van der Waals surface area contributed by atoms with Crippen LogP contribution in [0.1, 0.15) is 70.4 Å². The summed E-state index contributed by atoms with van der Waals surface area (Å²) >= 11 is 1.43. The van der Waals surface area contributed by atoms with Gasteiger partial charge in [-0.3, -0.25) is 14.7 Å². The number of hydrogen-bond donors (Lipinski definition) is 0. The summed E-state index contributed by atoms with van der Waals surface area (Å²) in [7, 11) is 0. The van der Waals surface area contributed by atoms with Crippen molar-refractivity contribution in [3.8, 4) is 0 Å². The molecule has 38 heavy (non-hydrogen) atoms. The largest absolute Gasteiger partial charge is 0.416 e. The minimum atomic E-state index is -4.99. The second-order valence-corrected chi connectivity index (χ2v) is 12.5. The number of thioether (sulfide) groups is 1. The summed E-state index contributed by atoms with van der Waals surface area (Å²) in [4.78, 5) is 21.1. The Hall–Kier alpha value is -1.62. The van der Waals surface area contributed by atoms with Crippen molar-refractivity contribution in [2.75, 3.05) is 10.7 Å². The van der Waals surface area contributed by atoms with Crippen LogP contribution in [0.4, 0.5) is 32.0 Å². The Morgan fingerprint density at radius 1 is 0.974 bits per heavy atom. The molecule has 4 bridgehead atoms. The molecule has 1 amide bonds. The molecule has 4 saturated carbocycles. The average molecular weight is 584 g/mol. The lowest BCUT2D eigenvalue weighted by molar-refractivity contribution is -0.143. The first-order valence-corrected chi connectivity index (χ1v) is 13.7. The van der Waals surface area contributed by atoms with Gasteiger partial charge in [0, 0.05) is 24.4 Å². The Labute approximate surface area is 229 Å². The Bertz CT molecular complexity index is 1040. The maximum Gasteiger partial charge on any atom is 0.416 e. The Balaban J connectivity index is 0.00000336. The minimum absolute atomic E-state index is 0. The van der Waals surface area contributed by atoms with Crippen molar-refractivity contribution in [1.82, 2.24) is 4.90 Å². The molecule has 0 aromatic heterocycles. The molecule has 5 fully saturated rings. The lowest BCUT2D eigenvalue weighted by atomic mass is 9.53. The zero-order valence-corrected chi connectivity index (χ0v) is 23.0. The van der Waals surface area contributed by atoms with E-state index in [0.29, 0.717) is 35.6 Å². The summed E-state index contributed by atoms with van der Waals surface area (Å²) in [6, 6.07) is 1.19. The summed E-state index contributed by atoms with van der Waals surface area (Å²) in [5, 5.41) is 0.733. The molecule has 12 heteroatoms. The van der Waals surface area contributed by atoms with Crippen LogP contribution in [-0.2, 0) is 17.1 Å². The van der Waals surface area contributed by atoms with E-state index in [1.807, 2.05) is 18.7 Å². The third kappa shape index (κ3) is 5.51. The number of hydrogen-bond acceptors (Lipinski definition) is 3. The highest BCUT2D eigenvalue weighted by Crippen LogP contribution is 2.57. The summed E-state index contributed by atoms with van der Waals surface area (Å²) < 4.78 is 81.3. The van der Waals surface area contributed by atoms with Crippen molar-refractivity contribution in [3.05, 3.63) is 29.3 Å². The van der Waals surface area contributed by atoms with Gasteiger partial charge in [0.05, 0.1) is 16.7 Å². The minimum Gasteiger partial charge on any atom is -0.327 e. The normalized spacial score (nSPS) is 31.7. The number of amidine groups is 1. The highest BCUT2D eigenvalue weighted by molar-refractivity contribution is 8.14. The van der Waals surface area contributed by atoms with Crippen LogP contribution in [-0.4, -0.2) is 39.5 Å². The van der Waals surface area contributed by atoms with Crippen molar-refractivity contribution >= 4 is 40.9 Å². The Morgan fingerprint density at radius 3 is 1.84 bits per heavy atom. The van der Waals surface area contributed by atoms with Crippen molar-refractivity contribution in [2.24, 2.45) is 22.7 Å². The topological polar surface area (TPSA) is 35.9 Å². The van der Waals surface area contributed by atoms with Gasteiger partial charge >= 0.3 is 12.4 Å².